The van der Waals surface area contributed by atoms with E-state index in [1.54, 1.807) is 0 Å². The molecule has 0 fully saturated rings. The lowest BCUT2D eigenvalue weighted by molar-refractivity contribution is 0.660. The zero-order valence-electron chi connectivity index (χ0n) is 40.2. The lowest BCUT2D eigenvalue weighted by Crippen LogP contribution is -2.14. The first-order valence-electron chi connectivity index (χ1n) is 25.0. The van der Waals surface area contributed by atoms with Crippen LogP contribution >= 0.6 is 0 Å². The van der Waals surface area contributed by atoms with E-state index in [2.05, 4.69) is 289 Å². The van der Waals surface area contributed by atoms with Gasteiger partial charge in [0.25, 0.3) is 0 Å². The van der Waals surface area contributed by atoms with Crippen molar-refractivity contribution >= 4 is 60.7 Å². The van der Waals surface area contributed by atoms with Crippen molar-refractivity contribution in [1.29, 1.82) is 0 Å². The van der Waals surface area contributed by atoms with Gasteiger partial charge in [0, 0.05) is 55.3 Å². The van der Waals surface area contributed by atoms with Crippen molar-refractivity contribution in [2.75, 3.05) is 4.90 Å². The summed E-state index contributed by atoms with van der Waals surface area (Å²) < 4.78 is 4.87. The van der Waals surface area contributed by atoms with Crippen LogP contribution in [0.3, 0.4) is 0 Å². The summed E-state index contributed by atoms with van der Waals surface area (Å²) in [4.78, 5) is 2.38. The van der Waals surface area contributed by atoms with E-state index in [0.717, 1.165) is 56.3 Å². The standard InChI is InChI=1S/C69H49N3/c1-69(2)62-30-16-12-27-56(62)60-45-54(36-38-63(60)69)72-65-32-18-14-28-57(65)59-37-34-47(44-68(59)72)49-40-48(46-35-39-67-61(43-46)58-29-15-19-33-66(58)71(67)53-24-10-5-11-25-53)41-50(42-49)55-26-13-17-31-64(55)70(51-20-6-3-7-21-51)52-22-8-4-9-23-52/h3-45H,1-2H3. The lowest BCUT2D eigenvalue weighted by atomic mass is 9.82. The Labute approximate surface area is 419 Å². The molecule has 0 atom stereocenters. The summed E-state index contributed by atoms with van der Waals surface area (Å²) >= 11 is 0. The van der Waals surface area contributed by atoms with Crippen LogP contribution in [0.4, 0.5) is 17.1 Å². The summed E-state index contributed by atoms with van der Waals surface area (Å²) in [5, 5.41) is 4.94. The number of nitrogens with zero attached hydrogens (tertiary/aromatic N) is 3. The quantitative estimate of drug-likeness (QED) is 0.148. The highest BCUT2D eigenvalue weighted by Crippen LogP contribution is 2.50. The van der Waals surface area contributed by atoms with E-state index in [0.29, 0.717) is 0 Å². The molecule has 1 aliphatic carbocycles. The minimum atomic E-state index is -0.0670. The third kappa shape index (κ3) is 6.58. The number of aromatic nitrogens is 2. The monoisotopic (exact) mass is 919 g/mol. The van der Waals surface area contributed by atoms with Gasteiger partial charge in [-0.15, -0.1) is 0 Å². The molecule has 2 heterocycles. The third-order valence-corrected chi connectivity index (χ3v) is 15.3. The van der Waals surface area contributed by atoms with Gasteiger partial charge in [-0.05, 0) is 153 Å². The Morgan fingerprint density at radius 2 is 0.792 bits per heavy atom. The Kier molecular flexibility index (Phi) is 9.56. The molecule has 0 radical (unpaired) electrons. The molecule has 13 aromatic rings. The second-order valence-electron chi connectivity index (χ2n) is 19.7. The van der Waals surface area contributed by atoms with Gasteiger partial charge in [0.05, 0.1) is 27.8 Å². The van der Waals surface area contributed by atoms with Gasteiger partial charge in [-0.3, -0.25) is 0 Å². The van der Waals surface area contributed by atoms with Crippen molar-refractivity contribution in [3.63, 3.8) is 0 Å². The van der Waals surface area contributed by atoms with Crippen molar-refractivity contribution in [3.05, 3.63) is 272 Å². The molecule has 72 heavy (non-hydrogen) atoms. The molecule has 0 aliphatic heterocycles. The molecule has 0 N–H and O–H groups in total. The summed E-state index contributed by atoms with van der Waals surface area (Å²) in [5.41, 5.74) is 22.6. The Morgan fingerprint density at radius 1 is 0.292 bits per heavy atom. The van der Waals surface area contributed by atoms with Gasteiger partial charge < -0.3 is 14.0 Å². The molecular weight excluding hydrogens is 871 g/mol. The van der Waals surface area contributed by atoms with Crippen molar-refractivity contribution in [2.45, 2.75) is 19.3 Å². The molecule has 0 saturated carbocycles. The average Bonchev–Trinajstić information content (AvgIpc) is 4.04. The highest BCUT2D eigenvalue weighted by molar-refractivity contribution is 6.12. The second kappa shape index (κ2) is 16.5. The predicted molar refractivity (Wildman–Crippen MR) is 304 cm³/mol. The Hall–Kier alpha value is -9.18. The first-order valence-corrected chi connectivity index (χ1v) is 25.0. The molecule has 3 nitrogen and oxygen atoms in total. The van der Waals surface area contributed by atoms with E-state index < -0.39 is 0 Å². The minimum absolute atomic E-state index is 0.0670. The summed E-state index contributed by atoms with van der Waals surface area (Å²) in [6.45, 7) is 4.71. The number of anilines is 3. The van der Waals surface area contributed by atoms with Crippen LogP contribution in [0.1, 0.15) is 25.0 Å². The van der Waals surface area contributed by atoms with Crippen LogP contribution < -0.4 is 4.90 Å². The molecule has 2 aromatic heterocycles. The molecule has 340 valence electrons. The van der Waals surface area contributed by atoms with Crippen LogP contribution in [0.15, 0.2) is 261 Å². The molecule has 0 saturated heterocycles. The maximum Gasteiger partial charge on any atom is 0.0547 e. The van der Waals surface area contributed by atoms with Gasteiger partial charge in [-0.25, -0.2) is 0 Å². The van der Waals surface area contributed by atoms with Gasteiger partial charge in [-0.2, -0.15) is 0 Å². The number of fused-ring (bicyclic) bond motifs is 9. The first kappa shape index (κ1) is 41.8. The molecule has 11 aromatic carbocycles. The first-order chi connectivity index (χ1) is 35.5. The van der Waals surface area contributed by atoms with E-state index in [-0.39, 0.29) is 5.41 Å². The highest BCUT2D eigenvalue weighted by Gasteiger charge is 2.35. The maximum absolute atomic E-state index is 2.48. The Bertz CT molecular complexity index is 4190. The molecule has 0 spiro atoms. The van der Waals surface area contributed by atoms with E-state index >= 15 is 0 Å². The Balaban J connectivity index is 0.999. The van der Waals surface area contributed by atoms with Gasteiger partial charge in [-0.1, -0.05) is 172 Å². The van der Waals surface area contributed by atoms with Crippen LogP contribution in [-0.2, 0) is 5.41 Å². The largest absolute Gasteiger partial charge is 0.310 e. The second-order valence-corrected chi connectivity index (χ2v) is 19.7. The summed E-state index contributed by atoms with van der Waals surface area (Å²) in [6, 6.07) is 96.0. The average molecular weight is 920 g/mol. The van der Waals surface area contributed by atoms with Gasteiger partial charge >= 0.3 is 0 Å². The molecule has 14 rings (SSSR count). The fraction of sp³-hybridized carbons (Fsp3) is 0.0435. The minimum Gasteiger partial charge on any atom is -0.310 e. The molecule has 0 unspecified atom stereocenters. The summed E-state index contributed by atoms with van der Waals surface area (Å²) in [6.07, 6.45) is 0. The van der Waals surface area contributed by atoms with Gasteiger partial charge in [0.15, 0.2) is 0 Å². The van der Waals surface area contributed by atoms with E-state index in [9.17, 15) is 0 Å². The zero-order valence-corrected chi connectivity index (χ0v) is 40.2. The smallest absolute Gasteiger partial charge is 0.0547 e. The fourth-order valence-corrected chi connectivity index (χ4v) is 11.9. The maximum atomic E-state index is 2.48. The SMILES string of the molecule is CC1(C)c2ccccc2-c2cc(-n3c4ccccc4c4ccc(-c5cc(-c6ccc7c(c6)c6ccccc6n7-c6ccccc6)cc(-c6ccccc6N(c6ccccc6)c6ccccc6)c5)cc43)ccc21. The number of hydrogen-bond acceptors (Lipinski definition) is 1. The van der Waals surface area contributed by atoms with Crippen LogP contribution in [0.5, 0.6) is 0 Å². The highest BCUT2D eigenvalue weighted by atomic mass is 15.1. The van der Waals surface area contributed by atoms with E-state index in [1.165, 1.54) is 71.4 Å². The van der Waals surface area contributed by atoms with Crippen LogP contribution in [-0.4, -0.2) is 9.13 Å². The van der Waals surface area contributed by atoms with E-state index in [1.807, 2.05) is 0 Å². The van der Waals surface area contributed by atoms with E-state index in [4.69, 9.17) is 0 Å². The summed E-state index contributed by atoms with van der Waals surface area (Å²) in [7, 11) is 0. The lowest BCUT2D eigenvalue weighted by Gasteiger charge is -2.28. The molecule has 1 aliphatic rings. The van der Waals surface area contributed by atoms with Crippen molar-refractivity contribution in [3.8, 4) is 55.9 Å². The number of rotatable bonds is 8. The number of hydrogen-bond donors (Lipinski definition) is 0. The fourth-order valence-electron chi connectivity index (χ4n) is 11.9. The third-order valence-electron chi connectivity index (χ3n) is 15.3. The molecular formula is C69H49N3. The Morgan fingerprint density at radius 3 is 1.50 bits per heavy atom. The van der Waals surface area contributed by atoms with Crippen molar-refractivity contribution in [2.24, 2.45) is 0 Å². The number of benzene rings is 11. The van der Waals surface area contributed by atoms with Gasteiger partial charge in [0.2, 0.25) is 0 Å². The van der Waals surface area contributed by atoms with Crippen molar-refractivity contribution in [1.82, 2.24) is 9.13 Å². The topological polar surface area (TPSA) is 13.1 Å². The molecule has 0 amide bonds. The normalized spacial score (nSPS) is 12.7. The van der Waals surface area contributed by atoms with Crippen LogP contribution in [0, 0.1) is 0 Å². The summed E-state index contributed by atoms with van der Waals surface area (Å²) in [5.74, 6) is 0. The molecule has 3 heteroatoms. The van der Waals surface area contributed by atoms with Crippen LogP contribution in [0.2, 0.25) is 0 Å². The molecule has 0 bridgehead atoms. The predicted octanol–water partition coefficient (Wildman–Crippen LogP) is 18.7. The van der Waals surface area contributed by atoms with Crippen LogP contribution in [0.25, 0.3) is 99.5 Å². The number of para-hydroxylation sites is 6. The van der Waals surface area contributed by atoms with Gasteiger partial charge in [0.1, 0.15) is 0 Å². The zero-order chi connectivity index (χ0) is 47.9. The van der Waals surface area contributed by atoms with Crippen molar-refractivity contribution < 1.29 is 0 Å².